The van der Waals surface area contributed by atoms with Crippen molar-refractivity contribution in [2.45, 2.75) is 24.8 Å². The maximum absolute atomic E-state index is 6.25. The van der Waals surface area contributed by atoms with E-state index in [1.54, 1.807) is 11.8 Å². The van der Waals surface area contributed by atoms with Gasteiger partial charge in [-0.15, -0.1) is 0 Å². The Balaban J connectivity index is 1.79. The van der Waals surface area contributed by atoms with Gasteiger partial charge in [0.25, 0.3) is 0 Å². The molecule has 3 nitrogen and oxygen atoms in total. The molecule has 2 heterocycles. The Morgan fingerprint density at radius 3 is 2.65 bits per heavy atom. The summed E-state index contributed by atoms with van der Waals surface area (Å²) in [6.45, 7) is 5.57. The highest BCUT2D eigenvalue weighted by Crippen LogP contribution is 2.47. The molecule has 0 spiro atoms. The summed E-state index contributed by atoms with van der Waals surface area (Å²) in [7, 11) is 0. The summed E-state index contributed by atoms with van der Waals surface area (Å²) in [4.78, 5) is 8.79. The molecule has 2 aromatic rings. The highest BCUT2D eigenvalue weighted by molar-refractivity contribution is 8.14. The van der Waals surface area contributed by atoms with Gasteiger partial charge in [-0.2, -0.15) is 0 Å². The summed E-state index contributed by atoms with van der Waals surface area (Å²) in [6.07, 6.45) is 0. The summed E-state index contributed by atoms with van der Waals surface area (Å²) in [6, 6.07) is 16.9. The Morgan fingerprint density at radius 2 is 1.87 bits per heavy atom. The van der Waals surface area contributed by atoms with E-state index in [1.165, 1.54) is 10.6 Å². The lowest BCUT2D eigenvalue weighted by Gasteiger charge is -2.37. The predicted molar refractivity (Wildman–Crippen MR) is 99.0 cm³/mol. The van der Waals surface area contributed by atoms with Crippen LogP contribution in [0.5, 0.6) is 0 Å². The van der Waals surface area contributed by atoms with Crippen molar-refractivity contribution in [2.75, 3.05) is 17.2 Å². The zero-order valence-electron chi connectivity index (χ0n) is 13.4. The Hall–Kier alpha value is -1.94. The number of nitrogens with zero attached hydrogens (tertiary/aromatic N) is 2. The molecule has 2 aliphatic rings. The average Bonchev–Trinajstić information content (AvgIpc) is 2.91. The van der Waals surface area contributed by atoms with Crippen LogP contribution in [0.25, 0.3) is 0 Å². The van der Waals surface area contributed by atoms with Gasteiger partial charge in [-0.05, 0) is 41.4 Å². The summed E-state index contributed by atoms with van der Waals surface area (Å²) in [5.74, 6) is 0.998. The molecule has 0 saturated carbocycles. The van der Waals surface area contributed by atoms with Crippen LogP contribution in [0.1, 0.15) is 25.5 Å². The van der Waals surface area contributed by atoms with Crippen LogP contribution in [-0.4, -0.2) is 11.7 Å². The Kier molecular flexibility index (Phi) is 3.57. The molecule has 0 bridgehead atoms. The fourth-order valence-corrected chi connectivity index (χ4v) is 4.55. The van der Waals surface area contributed by atoms with Gasteiger partial charge >= 0.3 is 0 Å². The van der Waals surface area contributed by atoms with Gasteiger partial charge in [-0.3, -0.25) is 4.99 Å². The topological polar surface area (TPSA) is 41.6 Å². The number of thioether (sulfide) groups is 1. The van der Waals surface area contributed by atoms with Crippen molar-refractivity contribution in [1.29, 1.82) is 0 Å². The third-order valence-corrected chi connectivity index (χ3v) is 5.88. The fraction of sp³-hybridized carbons (Fsp3) is 0.316. The molecule has 0 saturated heterocycles. The number of aliphatic imine (C=N–C) groups is 1. The molecule has 2 aromatic carbocycles. The van der Waals surface area contributed by atoms with E-state index < -0.39 is 0 Å². The maximum Gasteiger partial charge on any atom is 0.169 e. The Labute approximate surface area is 141 Å². The van der Waals surface area contributed by atoms with Crippen LogP contribution in [0.4, 0.5) is 11.4 Å². The van der Waals surface area contributed by atoms with Crippen molar-refractivity contribution >= 4 is 28.3 Å². The molecule has 0 unspecified atom stereocenters. The molecule has 0 radical (unpaired) electrons. The highest BCUT2D eigenvalue weighted by Gasteiger charge is 2.38. The van der Waals surface area contributed by atoms with E-state index >= 15 is 0 Å². The van der Waals surface area contributed by atoms with Gasteiger partial charge < -0.3 is 10.6 Å². The van der Waals surface area contributed by atoms with Gasteiger partial charge in [-0.25, -0.2) is 0 Å². The van der Waals surface area contributed by atoms with E-state index in [2.05, 4.69) is 55.1 Å². The first-order valence-electron chi connectivity index (χ1n) is 8.12. The van der Waals surface area contributed by atoms with Crippen molar-refractivity contribution in [2.24, 2.45) is 16.8 Å². The molecular formula is C19H21N3S. The van der Waals surface area contributed by atoms with Gasteiger partial charge in [0.05, 0.1) is 11.7 Å². The van der Waals surface area contributed by atoms with Crippen molar-refractivity contribution in [3.05, 3.63) is 54.1 Å². The largest absolute Gasteiger partial charge is 0.398 e. The molecule has 2 atom stereocenters. The average molecular weight is 323 g/mol. The summed E-state index contributed by atoms with van der Waals surface area (Å²) < 4.78 is 0. The van der Waals surface area contributed by atoms with Crippen molar-refractivity contribution < 1.29 is 0 Å². The van der Waals surface area contributed by atoms with Crippen molar-refractivity contribution in [3.8, 4) is 0 Å². The lowest BCUT2D eigenvalue weighted by Crippen LogP contribution is -2.40. The number of hydrogen-bond donors (Lipinski definition) is 1. The first-order chi connectivity index (χ1) is 11.1. The number of hydrogen-bond acceptors (Lipinski definition) is 4. The molecule has 23 heavy (non-hydrogen) atoms. The number of amidine groups is 1. The standard InChI is InChI=1S/C19H21N3S/c1-12(2)14-11-22-16-9-5-6-10-17(16)23-19(22)21-18(14)13-7-3-4-8-15(13)20/h3-10,12,14,18H,11,20H2,1-2H3/t14-,18+/m0/s1. The lowest BCUT2D eigenvalue weighted by atomic mass is 9.83. The summed E-state index contributed by atoms with van der Waals surface area (Å²) in [5, 5.41) is 1.11. The van der Waals surface area contributed by atoms with Crippen molar-refractivity contribution in [1.82, 2.24) is 0 Å². The summed E-state index contributed by atoms with van der Waals surface area (Å²) >= 11 is 1.77. The van der Waals surface area contributed by atoms with Gasteiger partial charge in [0, 0.05) is 23.0 Å². The third-order valence-electron chi connectivity index (χ3n) is 4.81. The minimum atomic E-state index is 0.143. The molecule has 0 amide bonds. The van der Waals surface area contributed by atoms with E-state index in [-0.39, 0.29) is 6.04 Å². The molecule has 0 aliphatic carbocycles. The van der Waals surface area contributed by atoms with Crippen LogP contribution in [0.2, 0.25) is 0 Å². The van der Waals surface area contributed by atoms with Gasteiger partial charge in [0.2, 0.25) is 0 Å². The summed E-state index contributed by atoms with van der Waals surface area (Å²) in [5.41, 5.74) is 9.55. The SMILES string of the molecule is CC(C)[C@@H]1CN2C(=N[C@@H]1c1ccccc1N)Sc1ccccc12. The smallest absolute Gasteiger partial charge is 0.169 e. The first-order valence-corrected chi connectivity index (χ1v) is 8.93. The Bertz CT molecular complexity index is 769. The first kappa shape index (κ1) is 14.6. The zero-order chi connectivity index (χ0) is 16.0. The molecule has 4 rings (SSSR count). The van der Waals surface area contributed by atoms with E-state index in [4.69, 9.17) is 10.7 Å². The number of nitrogens with two attached hydrogens (primary N) is 1. The predicted octanol–water partition coefficient (Wildman–Crippen LogP) is 4.56. The lowest BCUT2D eigenvalue weighted by molar-refractivity contribution is 0.324. The molecule has 4 heteroatoms. The number of rotatable bonds is 2. The second kappa shape index (κ2) is 5.60. The quantitative estimate of drug-likeness (QED) is 0.824. The normalized spacial score (nSPS) is 22.7. The molecule has 118 valence electrons. The molecular weight excluding hydrogens is 302 g/mol. The maximum atomic E-state index is 6.25. The van der Waals surface area contributed by atoms with Crippen LogP contribution >= 0.6 is 11.8 Å². The van der Waals surface area contributed by atoms with Crippen LogP contribution < -0.4 is 10.6 Å². The van der Waals surface area contributed by atoms with E-state index in [0.717, 1.165) is 23.0 Å². The number of benzene rings is 2. The minimum Gasteiger partial charge on any atom is -0.398 e. The van der Waals surface area contributed by atoms with Gasteiger partial charge in [-0.1, -0.05) is 44.2 Å². The third kappa shape index (κ3) is 2.41. The number of fused-ring (bicyclic) bond motifs is 3. The molecule has 2 N–H and O–H groups in total. The van der Waals surface area contributed by atoms with Gasteiger partial charge in [0.15, 0.2) is 5.17 Å². The molecule has 0 aromatic heterocycles. The van der Waals surface area contributed by atoms with E-state index in [1.807, 2.05) is 12.1 Å². The zero-order valence-corrected chi connectivity index (χ0v) is 14.3. The van der Waals surface area contributed by atoms with E-state index in [9.17, 15) is 0 Å². The monoisotopic (exact) mass is 323 g/mol. The van der Waals surface area contributed by atoms with Crippen LogP contribution in [0.3, 0.4) is 0 Å². The van der Waals surface area contributed by atoms with Crippen LogP contribution in [0.15, 0.2) is 58.4 Å². The van der Waals surface area contributed by atoms with Crippen LogP contribution in [0, 0.1) is 11.8 Å². The molecule has 2 aliphatic heterocycles. The minimum absolute atomic E-state index is 0.143. The number of para-hydroxylation sites is 2. The second-order valence-corrected chi connectivity index (χ2v) is 7.58. The fourth-order valence-electron chi connectivity index (χ4n) is 3.48. The Morgan fingerprint density at radius 1 is 1.13 bits per heavy atom. The number of anilines is 2. The number of nitrogen functional groups attached to an aromatic ring is 1. The van der Waals surface area contributed by atoms with E-state index in [0.29, 0.717) is 11.8 Å². The second-order valence-electron chi connectivity index (χ2n) is 6.57. The van der Waals surface area contributed by atoms with Crippen molar-refractivity contribution in [3.63, 3.8) is 0 Å². The van der Waals surface area contributed by atoms with Crippen LogP contribution in [-0.2, 0) is 0 Å². The molecule has 0 fully saturated rings. The van der Waals surface area contributed by atoms with Gasteiger partial charge in [0.1, 0.15) is 0 Å². The highest BCUT2D eigenvalue weighted by atomic mass is 32.2.